The van der Waals surface area contributed by atoms with E-state index in [-0.39, 0.29) is 12.0 Å². The third kappa shape index (κ3) is 1.82. The van der Waals surface area contributed by atoms with E-state index in [1.807, 2.05) is 18.2 Å². The predicted octanol–water partition coefficient (Wildman–Crippen LogP) is 3.48. The Hall–Kier alpha value is -1.55. The molecule has 5 heteroatoms. The molecule has 1 aliphatic carbocycles. The van der Waals surface area contributed by atoms with Crippen LogP contribution in [0.2, 0.25) is 5.02 Å². The number of carbonyl (C=O) groups is 1. The molecule has 2 aromatic rings. The summed E-state index contributed by atoms with van der Waals surface area (Å²) in [7, 11) is 1.43. The molecule has 1 fully saturated rings. The summed E-state index contributed by atoms with van der Waals surface area (Å²) in [6.07, 6.45) is 1.59. The first-order valence-corrected chi connectivity index (χ1v) is 7.14. The lowest BCUT2D eigenvalue weighted by atomic mass is 10.1. The average molecular weight is 293 g/mol. The molecule has 1 aromatic carbocycles. The van der Waals surface area contributed by atoms with Crippen molar-refractivity contribution in [2.75, 3.05) is 7.11 Å². The van der Waals surface area contributed by atoms with Crippen LogP contribution in [0.15, 0.2) is 18.2 Å². The molecule has 1 saturated carbocycles. The van der Waals surface area contributed by atoms with Gasteiger partial charge in [0.2, 0.25) is 0 Å². The summed E-state index contributed by atoms with van der Waals surface area (Å²) in [6, 6.07) is 5.83. The number of aromatic nitrogens is 2. The molecule has 0 bridgehead atoms. The Morgan fingerprint density at radius 2 is 2.15 bits per heavy atom. The van der Waals surface area contributed by atoms with Crippen LogP contribution >= 0.6 is 11.6 Å². The quantitative estimate of drug-likeness (QED) is 0.814. The summed E-state index contributed by atoms with van der Waals surface area (Å²) in [6.45, 7) is 4.16. The molecule has 1 aromatic heterocycles. The van der Waals surface area contributed by atoms with E-state index >= 15 is 0 Å². The van der Waals surface area contributed by atoms with Gasteiger partial charge in [-0.2, -0.15) is 0 Å². The van der Waals surface area contributed by atoms with E-state index in [1.165, 1.54) is 7.11 Å². The van der Waals surface area contributed by atoms with Gasteiger partial charge in [-0.05, 0) is 44.9 Å². The van der Waals surface area contributed by atoms with E-state index in [2.05, 4.69) is 23.4 Å². The smallest absolute Gasteiger partial charge is 0.319 e. The number of rotatable bonds is 3. The van der Waals surface area contributed by atoms with Crippen LogP contribution in [-0.2, 0) is 14.9 Å². The Morgan fingerprint density at radius 1 is 1.45 bits per heavy atom. The van der Waals surface area contributed by atoms with E-state index in [4.69, 9.17) is 16.3 Å². The fourth-order valence-corrected chi connectivity index (χ4v) is 2.93. The normalized spacial score (nSPS) is 16.6. The largest absolute Gasteiger partial charge is 0.468 e. The van der Waals surface area contributed by atoms with Gasteiger partial charge in [-0.1, -0.05) is 11.6 Å². The van der Waals surface area contributed by atoms with Gasteiger partial charge in [0.25, 0.3) is 0 Å². The molecule has 0 N–H and O–H groups in total. The van der Waals surface area contributed by atoms with Crippen molar-refractivity contribution in [1.82, 2.24) is 9.55 Å². The number of benzene rings is 1. The maximum absolute atomic E-state index is 12.1. The van der Waals surface area contributed by atoms with E-state index in [0.717, 1.165) is 29.7 Å². The first-order chi connectivity index (χ1) is 9.49. The van der Waals surface area contributed by atoms with E-state index in [0.29, 0.717) is 5.02 Å². The summed E-state index contributed by atoms with van der Waals surface area (Å²) >= 11 is 6.09. The van der Waals surface area contributed by atoms with Crippen molar-refractivity contribution in [1.29, 1.82) is 0 Å². The molecule has 1 heterocycles. The number of imidazole rings is 1. The zero-order chi connectivity index (χ0) is 14.5. The first-order valence-electron chi connectivity index (χ1n) is 6.76. The topological polar surface area (TPSA) is 44.1 Å². The average Bonchev–Trinajstić information content (AvgIpc) is 3.13. The standard InChI is InChI=1S/C15H17ClN2O2/c1-9(2)18-12-8-10(16)4-5-11(12)17-13(18)15(6-7-15)14(19)20-3/h4-5,8-9H,6-7H2,1-3H3. The minimum absolute atomic E-state index is 0.194. The minimum Gasteiger partial charge on any atom is -0.468 e. The second-order valence-corrected chi connectivity index (χ2v) is 6.04. The Morgan fingerprint density at radius 3 is 2.70 bits per heavy atom. The lowest BCUT2D eigenvalue weighted by Crippen LogP contribution is -2.26. The summed E-state index contributed by atoms with van der Waals surface area (Å²) in [4.78, 5) is 16.8. The summed E-state index contributed by atoms with van der Waals surface area (Å²) in [5, 5.41) is 0.675. The third-order valence-corrected chi connectivity index (χ3v) is 4.16. The van der Waals surface area contributed by atoms with Crippen LogP contribution in [0.5, 0.6) is 0 Å². The molecule has 20 heavy (non-hydrogen) atoms. The summed E-state index contributed by atoms with van der Waals surface area (Å²) in [5.74, 6) is 0.609. The zero-order valence-corrected chi connectivity index (χ0v) is 12.6. The lowest BCUT2D eigenvalue weighted by molar-refractivity contribution is -0.144. The highest BCUT2D eigenvalue weighted by Gasteiger charge is 2.56. The molecule has 0 saturated heterocycles. The molecule has 0 spiro atoms. The van der Waals surface area contributed by atoms with Crippen molar-refractivity contribution in [3.8, 4) is 0 Å². The van der Waals surface area contributed by atoms with E-state index in [1.54, 1.807) is 0 Å². The molecule has 0 amide bonds. The van der Waals surface area contributed by atoms with Gasteiger partial charge in [0, 0.05) is 11.1 Å². The Balaban J connectivity index is 2.26. The number of nitrogens with zero attached hydrogens (tertiary/aromatic N) is 2. The molecular weight excluding hydrogens is 276 g/mol. The fraction of sp³-hybridized carbons (Fsp3) is 0.467. The van der Waals surface area contributed by atoms with E-state index < -0.39 is 5.41 Å². The Kier molecular flexibility index (Phi) is 3.01. The fourth-order valence-electron chi connectivity index (χ4n) is 2.77. The molecule has 3 rings (SSSR count). The van der Waals surface area contributed by atoms with Gasteiger partial charge in [-0.25, -0.2) is 4.98 Å². The number of esters is 1. The molecule has 0 unspecified atom stereocenters. The van der Waals surface area contributed by atoms with Crippen molar-refractivity contribution >= 4 is 28.6 Å². The second-order valence-electron chi connectivity index (χ2n) is 5.61. The van der Waals surface area contributed by atoms with Crippen LogP contribution in [0, 0.1) is 0 Å². The molecule has 106 valence electrons. The Labute approximate surface area is 122 Å². The summed E-state index contributed by atoms with van der Waals surface area (Å²) < 4.78 is 7.07. The van der Waals surface area contributed by atoms with Gasteiger partial charge in [0.1, 0.15) is 11.2 Å². The Bertz CT molecular complexity index is 686. The number of carbonyl (C=O) groups excluding carboxylic acids is 1. The lowest BCUT2D eigenvalue weighted by Gasteiger charge is -2.18. The maximum atomic E-state index is 12.1. The van der Waals surface area contributed by atoms with Crippen molar-refractivity contribution in [2.45, 2.75) is 38.1 Å². The van der Waals surface area contributed by atoms with Crippen molar-refractivity contribution in [2.24, 2.45) is 0 Å². The van der Waals surface area contributed by atoms with E-state index in [9.17, 15) is 4.79 Å². The maximum Gasteiger partial charge on any atom is 0.319 e. The van der Waals surface area contributed by atoms with Crippen LogP contribution in [0.3, 0.4) is 0 Å². The van der Waals surface area contributed by atoms with Crippen LogP contribution in [-0.4, -0.2) is 22.6 Å². The number of fused-ring (bicyclic) bond motifs is 1. The SMILES string of the molecule is COC(=O)C1(c2nc3ccc(Cl)cc3n2C(C)C)CC1. The molecular formula is C15H17ClN2O2. The van der Waals surface area contributed by atoms with Gasteiger partial charge >= 0.3 is 5.97 Å². The number of hydrogen-bond donors (Lipinski definition) is 0. The van der Waals surface area contributed by atoms with Crippen LogP contribution in [0.25, 0.3) is 11.0 Å². The molecule has 4 nitrogen and oxygen atoms in total. The highest BCUT2D eigenvalue weighted by molar-refractivity contribution is 6.31. The van der Waals surface area contributed by atoms with Gasteiger partial charge in [0.05, 0.1) is 18.1 Å². The minimum atomic E-state index is -0.565. The zero-order valence-electron chi connectivity index (χ0n) is 11.8. The van der Waals surface area contributed by atoms with Crippen LogP contribution in [0.4, 0.5) is 0 Å². The van der Waals surface area contributed by atoms with Gasteiger partial charge in [-0.15, -0.1) is 0 Å². The molecule has 0 aliphatic heterocycles. The van der Waals surface area contributed by atoms with Crippen molar-refractivity contribution in [3.05, 3.63) is 29.0 Å². The van der Waals surface area contributed by atoms with Crippen molar-refractivity contribution in [3.63, 3.8) is 0 Å². The number of methoxy groups -OCH3 is 1. The monoisotopic (exact) mass is 292 g/mol. The number of ether oxygens (including phenoxy) is 1. The molecule has 0 atom stereocenters. The highest BCUT2D eigenvalue weighted by Crippen LogP contribution is 2.50. The first kappa shape index (κ1) is 13.4. The van der Waals surface area contributed by atoms with Crippen molar-refractivity contribution < 1.29 is 9.53 Å². The van der Waals surface area contributed by atoms with Gasteiger partial charge in [-0.3, -0.25) is 4.79 Å². The van der Waals surface area contributed by atoms with Gasteiger partial charge in [0.15, 0.2) is 0 Å². The van der Waals surface area contributed by atoms with Gasteiger partial charge < -0.3 is 9.30 Å². The number of hydrogen-bond acceptors (Lipinski definition) is 3. The third-order valence-electron chi connectivity index (χ3n) is 3.92. The number of halogens is 1. The highest BCUT2D eigenvalue weighted by atomic mass is 35.5. The second kappa shape index (κ2) is 4.48. The molecule has 1 aliphatic rings. The summed E-state index contributed by atoms with van der Waals surface area (Å²) in [5.41, 5.74) is 1.27. The predicted molar refractivity (Wildman–Crippen MR) is 78.1 cm³/mol. The van der Waals surface area contributed by atoms with Crippen LogP contribution < -0.4 is 0 Å². The van der Waals surface area contributed by atoms with Crippen LogP contribution in [0.1, 0.15) is 38.6 Å². The molecule has 0 radical (unpaired) electrons.